The lowest BCUT2D eigenvalue weighted by Gasteiger charge is -2.34. The number of likely N-dealkylation sites (tertiary alicyclic amines) is 1. The van der Waals surface area contributed by atoms with Gasteiger partial charge in [0.15, 0.2) is 0 Å². The van der Waals surface area contributed by atoms with Crippen LogP contribution in [0.5, 0.6) is 0 Å². The molecule has 2 saturated heterocycles. The number of amides is 2. The Morgan fingerprint density at radius 2 is 1.68 bits per heavy atom. The van der Waals surface area contributed by atoms with Crippen LogP contribution in [0, 0.1) is 11.8 Å². The Labute approximate surface area is 149 Å². The molecule has 2 atom stereocenters. The molecule has 4 heteroatoms. The van der Waals surface area contributed by atoms with Crippen molar-refractivity contribution in [2.75, 3.05) is 18.0 Å². The minimum Gasteiger partial charge on any atom is -0.306 e. The number of carbonyl (C=O) groups is 2. The number of imide groups is 1. The molecule has 3 aliphatic rings. The van der Waals surface area contributed by atoms with Crippen LogP contribution in [0.2, 0.25) is 0 Å². The van der Waals surface area contributed by atoms with Gasteiger partial charge in [0.1, 0.15) is 5.70 Å². The number of carbonyl (C=O) groups excluding carboxylic acids is 2. The Morgan fingerprint density at radius 1 is 0.920 bits per heavy atom. The number of quaternary nitrogens is 1. The van der Waals surface area contributed by atoms with Gasteiger partial charge in [0.25, 0.3) is 0 Å². The monoisotopic (exact) mass is 339 g/mol. The lowest BCUT2D eigenvalue weighted by atomic mass is 9.80. The maximum atomic E-state index is 13.1. The average molecular weight is 339 g/mol. The average Bonchev–Trinajstić information content (AvgIpc) is 2.97. The van der Waals surface area contributed by atoms with E-state index in [9.17, 15) is 9.59 Å². The molecule has 1 N–H and O–H groups in total. The summed E-state index contributed by atoms with van der Waals surface area (Å²) in [6, 6.07) is 9.38. The van der Waals surface area contributed by atoms with Crippen molar-refractivity contribution in [1.29, 1.82) is 0 Å². The molecule has 2 heterocycles. The molecule has 1 aliphatic carbocycles. The van der Waals surface area contributed by atoms with Crippen LogP contribution in [-0.2, 0) is 9.59 Å². The van der Waals surface area contributed by atoms with Crippen LogP contribution in [0.15, 0.2) is 42.1 Å². The molecule has 1 aromatic rings. The zero-order chi connectivity index (χ0) is 17.2. The van der Waals surface area contributed by atoms with Crippen molar-refractivity contribution in [1.82, 2.24) is 0 Å². The van der Waals surface area contributed by atoms with Gasteiger partial charge >= 0.3 is 0 Å². The molecule has 4 rings (SSSR count). The van der Waals surface area contributed by atoms with Crippen LogP contribution in [0.25, 0.3) is 0 Å². The van der Waals surface area contributed by atoms with E-state index in [1.807, 2.05) is 30.3 Å². The van der Waals surface area contributed by atoms with Crippen LogP contribution in [0.1, 0.15) is 44.9 Å². The lowest BCUT2D eigenvalue weighted by Crippen LogP contribution is -3.11. The highest BCUT2D eigenvalue weighted by atomic mass is 16.2. The number of nitrogens with one attached hydrogen (secondary N) is 1. The van der Waals surface area contributed by atoms with Crippen LogP contribution >= 0.6 is 0 Å². The first-order valence-corrected chi connectivity index (χ1v) is 9.72. The topological polar surface area (TPSA) is 41.8 Å². The Kier molecular flexibility index (Phi) is 4.71. The number of rotatable bonds is 3. The van der Waals surface area contributed by atoms with E-state index in [1.165, 1.54) is 42.9 Å². The highest BCUT2D eigenvalue weighted by molar-refractivity contribution is 6.21. The first kappa shape index (κ1) is 16.5. The van der Waals surface area contributed by atoms with E-state index < -0.39 is 0 Å². The summed E-state index contributed by atoms with van der Waals surface area (Å²) in [5.74, 6) is 0.0332. The fourth-order valence-corrected chi connectivity index (χ4v) is 4.81. The van der Waals surface area contributed by atoms with Gasteiger partial charge in [-0.25, -0.2) is 0 Å². The molecule has 0 saturated carbocycles. The predicted octanol–water partition coefficient (Wildman–Crippen LogP) is 2.32. The molecule has 0 unspecified atom stereocenters. The second-order valence-electron chi connectivity index (χ2n) is 7.57. The molecule has 0 spiro atoms. The van der Waals surface area contributed by atoms with Crippen LogP contribution < -0.4 is 9.80 Å². The summed E-state index contributed by atoms with van der Waals surface area (Å²) < 4.78 is 0. The van der Waals surface area contributed by atoms with Crippen LogP contribution in [0.3, 0.4) is 0 Å². The molecule has 4 nitrogen and oxygen atoms in total. The Morgan fingerprint density at radius 3 is 2.44 bits per heavy atom. The molecule has 0 aromatic heterocycles. The molecule has 25 heavy (non-hydrogen) atoms. The van der Waals surface area contributed by atoms with Crippen molar-refractivity contribution in [3.63, 3.8) is 0 Å². The fraction of sp³-hybridized carbons (Fsp3) is 0.524. The Balaban J connectivity index is 1.58. The summed E-state index contributed by atoms with van der Waals surface area (Å²) in [6.45, 7) is 2.36. The van der Waals surface area contributed by atoms with Crippen LogP contribution in [0.4, 0.5) is 5.69 Å². The van der Waals surface area contributed by atoms with Crippen LogP contribution in [-0.4, -0.2) is 24.9 Å². The summed E-state index contributed by atoms with van der Waals surface area (Å²) in [7, 11) is 0. The summed E-state index contributed by atoms with van der Waals surface area (Å²) in [4.78, 5) is 28.7. The van der Waals surface area contributed by atoms with Crippen molar-refractivity contribution in [2.45, 2.75) is 44.9 Å². The number of allylic oxidation sites excluding steroid dienone is 2. The SMILES string of the molecule is O=C1C[C@H]([C@H]2CCCC=C2[NH+]2CCCCC2)C(=O)N1c1ccccc1. The second-order valence-corrected chi connectivity index (χ2v) is 7.57. The molecule has 0 bridgehead atoms. The number of nitrogens with zero attached hydrogens (tertiary/aromatic N) is 1. The van der Waals surface area contributed by atoms with Crippen molar-refractivity contribution < 1.29 is 14.5 Å². The smallest absolute Gasteiger partial charge is 0.238 e. The van der Waals surface area contributed by atoms with Gasteiger partial charge in [0.2, 0.25) is 11.8 Å². The van der Waals surface area contributed by atoms with Gasteiger partial charge in [-0.1, -0.05) is 18.2 Å². The molecule has 0 radical (unpaired) electrons. The molecular weight excluding hydrogens is 312 g/mol. The summed E-state index contributed by atoms with van der Waals surface area (Å²) in [5, 5.41) is 0. The summed E-state index contributed by atoms with van der Waals surface area (Å²) >= 11 is 0. The molecule has 2 amide bonds. The van der Waals surface area contributed by atoms with E-state index in [1.54, 1.807) is 4.90 Å². The first-order valence-electron chi connectivity index (χ1n) is 9.72. The third-order valence-electron chi connectivity index (χ3n) is 6.03. The van der Waals surface area contributed by atoms with E-state index in [0.717, 1.165) is 19.3 Å². The maximum absolute atomic E-state index is 13.1. The number of hydrogen-bond donors (Lipinski definition) is 1. The number of anilines is 1. The number of hydrogen-bond acceptors (Lipinski definition) is 2. The predicted molar refractivity (Wildman–Crippen MR) is 97.0 cm³/mol. The molecule has 2 fully saturated rings. The highest BCUT2D eigenvalue weighted by Gasteiger charge is 2.47. The molecule has 1 aromatic carbocycles. The van der Waals surface area contributed by atoms with E-state index in [-0.39, 0.29) is 23.7 Å². The van der Waals surface area contributed by atoms with Gasteiger partial charge in [0, 0.05) is 12.3 Å². The lowest BCUT2D eigenvalue weighted by molar-refractivity contribution is -0.870. The summed E-state index contributed by atoms with van der Waals surface area (Å²) in [5.41, 5.74) is 2.14. The normalized spacial score (nSPS) is 28.3. The van der Waals surface area contributed by atoms with Crippen molar-refractivity contribution in [3.8, 4) is 0 Å². The van der Waals surface area contributed by atoms with Gasteiger partial charge in [-0.3, -0.25) is 14.5 Å². The van der Waals surface area contributed by atoms with Crippen molar-refractivity contribution in [3.05, 3.63) is 42.1 Å². The van der Waals surface area contributed by atoms with E-state index >= 15 is 0 Å². The van der Waals surface area contributed by atoms with Gasteiger partial charge in [0.05, 0.1) is 24.7 Å². The Hall–Kier alpha value is -1.94. The number of benzene rings is 1. The fourth-order valence-electron chi connectivity index (χ4n) is 4.81. The van der Waals surface area contributed by atoms with Crippen molar-refractivity contribution in [2.24, 2.45) is 11.8 Å². The van der Waals surface area contributed by atoms with Gasteiger partial charge in [-0.15, -0.1) is 0 Å². The quantitative estimate of drug-likeness (QED) is 0.859. The summed E-state index contributed by atoms with van der Waals surface area (Å²) in [6.07, 6.45) is 9.89. The molecule has 132 valence electrons. The van der Waals surface area contributed by atoms with Gasteiger partial charge in [-0.05, 0) is 56.7 Å². The standard InChI is InChI=1S/C21H26N2O2/c24-20-15-18(21(25)23(20)16-9-3-1-4-10-16)17-11-5-6-12-19(17)22-13-7-2-8-14-22/h1,3-4,9-10,12,17-18H,2,5-8,11,13-15H2/p+1/t17-,18-/m1/s1. The Bertz CT molecular complexity index is 676. The minimum absolute atomic E-state index is 0.00501. The van der Waals surface area contributed by atoms with Crippen molar-refractivity contribution >= 4 is 17.5 Å². The van der Waals surface area contributed by atoms with E-state index in [0.29, 0.717) is 12.1 Å². The number of piperidine rings is 1. The highest BCUT2D eigenvalue weighted by Crippen LogP contribution is 2.37. The zero-order valence-corrected chi connectivity index (χ0v) is 14.7. The maximum Gasteiger partial charge on any atom is 0.238 e. The molecule has 2 aliphatic heterocycles. The first-order chi connectivity index (χ1) is 12.3. The minimum atomic E-state index is -0.173. The van der Waals surface area contributed by atoms with E-state index in [4.69, 9.17) is 0 Å². The van der Waals surface area contributed by atoms with E-state index in [2.05, 4.69) is 6.08 Å². The zero-order valence-electron chi connectivity index (χ0n) is 14.7. The third kappa shape index (κ3) is 3.15. The van der Waals surface area contributed by atoms with Gasteiger partial charge in [-0.2, -0.15) is 0 Å². The van der Waals surface area contributed by atoms with Gasteiger partial charge < -0.3 is 4.90 Å². The molecular formula is C21H27N2O2+. The number of para-hydroxylation sites is 1. The third-order valence-corrected chi connectivity index (χ3v) is 6.03. The second kappa shape index (κ2) is 7.12. The largest absolute Gasteiger partial charge is 0.306 e.